The van der Waals surface area contributed by atoms with Crippen molar-refractivity contribution >= 4 is 16.9 Å². The number of aromatic hydroxyl groups is 1. The van der Waals surface area contributed by atoms with Crippen LogP contribution in [0.3, 0.4) is 0 Å². The molecule has 8 nitrogen and oxygen atoms in total. The Balaban J connectivity index is 1.44. The molecule has 4 heterocycles. The number of aromatic nitrogens is 3. The number of hydrogen-bond donors (Lipinski definition) is 1. The van der Waals surface area contributed by atoms with Crippen LogP contribution < -0.4 is 0 Å². The number of benzene rings is 1. The van der Waals surface area contributed by atoms with Crippen molar-refractivity contribution in [3.8, 4) is 11.7 Å². The van der Waals surface area contributed by atoms with Crippen molar-refractivity contribution < 1.29 is 19.4 Å². The van der Waals surface area contributed by atoms with E-state index in [-0.39, 0.29) is 30.0 Å². The molecule has 2 aromatic heterocycles. The van der Waals surface area contributed by atoms with Crippen LogP contribution in [0.5, 0.6) is 5.88 Å². The smallest absolute Gasteiger partial charge is 0.340 e. The van der Waals surface area contributed by atoms with Crippen molar-refractivity contribution in [1.82, 2.24) is 19.7 Å². The van der Waals surface area contributed by atoms with Gasteiger partial charge in [-0.05, 0) is 19.2 Å². The molecule has 0 radical (unpaired) electrons. The monoisotopic (exact) mass is 394 g/mol. The molecule has 2 aliphatic rings. The van der Waals surface area contributed by atoms with E-state index in [0.717, 1.165) is 23.7 Å². The van der Waals surface area contributed by atoms with Crippen LogP contribution in [-0.2, 0) is 9.47 Å². The molecule has 150 valence electrons. The van der Waals surface area contributed by atoms with Gasteiger partial charge in [0.1, 0.15) is 6.10 Å². The first-order valence-electron chi connectivity index (χ1n) is 9.74. The molecule has 0 saturated carbocycles. The molecule has 3 atom stereocenters. The molecule has 2 aliphatic heterocycles. The number of ether oxygens (including phenoxy) is 2. The second-order valence-electron chi connectivity index (χ2n) is 7.69. The molecule has 5 rings (SSSR count). The van der Waals surface area contributed by atoms with Crippen molar-refractivity contribution in [3.05, 3.63) is 48.2 Å². The molecule has 2 fully saturated rings. The van der Waals surface area contributed by atoms with Gasteiger partial charge in [-0.15, -0.1) is 10.2 Å². The van der Waals surface area contributed by atoms with E-state index in [1.54, 1.807) is 16.8 Å². The molecule has 2 bridgehead atoms. The number of nitrogens with zero attached hydrogens (tertiary/aromatic N) is 4. The average Bonchev–Trinajstić information content (AvgIpc) is 3.09. The lowest BCUT2D eigenvalue weighted by Gasteiger charge is -2.46. The van der Waals surface area contributed by atoms with E-state index in [0.29, 0.717) is 24.6 Å². The van der Waals surface area contributed by atoms with Gasteiger partial charge in [0.25, 0.3) is 0 Å². The van der Waals surface area contributed by atoms with Crippen molar-refractivity contribution in [1.29, 1.82) is 0 Å². The van der Waals surface area contributed by atoms with Crippen molar-refractivity contribution in [2.24, 2.45) is 0 Å². The van der Waals surface area contributed by atoms with Gasteiger partial charge in [0, 0.05) is 42.6 Å². The molecular weight excluding hydrogens is 372 g/mol. The fraction of sp³-hybridized carbons (Fsp3) is 0.381. The summed E-state index contributed by atoms with van der Waals surface area (Å²) in [7, 11) is 2.11. The van der Waals surface area contributed by atoms with Gasteiger partial charge in [0.2, 0.25) is 5.88 Å². The molecule has 2 saturated heterocycles. The summed E-state index contributed by atoms with van der Waals surface area (Å²) >= 11 is 0. The Hall–Kier alpha value is -2.97. The first-order chi connectivity index (χ1) is 14.1. The summed E-state index contributed by atoms with van der Waals surface area (Å²) in [6, 6.07) is 11.3. The minimum absolute atomic E-state index is 0.117. The van der Waals surface area contributed by atoms with Gasteiger partial charge in [-0.3, -0.25) is 9.47 Å². The highest BCUT2D eigenvalue weighted by atomic mass is 16.5. The van der Waals surface area contributed by atoms with Crippen LogP contribution in [0.25, 0.3) is 16.7 Å². The first kappa shape index (κ1) is 18.1. The topological polar surface area (TPSA) is 89.7 Å². The predicted octanol–water partition coefficient (Wildman–Crippen LogP) is 2.14. The Morgan fingerprint density at radius 3 is 2.62 bits per heavy atom. The van der Waals surface area contributed by atoms with Gasteiger partial charge in [-0.25, -0.2) is 4.79 Å². The Morgan fingerprint density at radius 1 is 1.14 bits per heavy atom. The molecule has 3 aromatic rings. The lowest BCUT2D eigenvalue weighted by Crippen LogP contribution is -2.56. The summed E-state index contributed by atoms with van der Waals surface area (Å²) < 4.78 is 13.4. The van der Waals surface area contributed by atoms with Gasteiger partial charge in [0.15, 0.2) is 5.82 Å². The molecule has 0 spiro atoms. The fourth-order valence-corrected chi connectivity index (χ4v) is 4.33. The summed E-state index contributed by atoms with van der Waals surface area (Å²) in [4.78, 5) is 15.4. The van der Waals surface area contributed by atoms with Gasteiger partial charge >= 0.3 is 5.97 Å². The summed E-state index contributed by atoms with van der Waals surface area (Å²) in [5.74, 6) is 0.0332. The largest absolute Gasteiger partial charge is 0.492 e. The van der Waals surface area contributed by atoms with Crippen molar-refractivity contribution in [3.63, 3.8) is 0 Å². The SMILES string of the molecule is CN1[C@@H]2COC[C@H]1C[C@@H](OC(=O)c1cn(-c3ccc(O)nn3)c3ccccc13)C2. The molecule has 0 amide bonds. The summed E-state index contributed by atoms with van der Waals surface area (Å²) in [6.45, 7) is 1.36. The summed E-state index contributed by atoms with van der Waals surface area (Å²) in [5.41, 5.74) is 1.32. The molecule has 29 heavy (non-hydrogen) atoms. The molecule has 1 N–H and O–H groups in total. The van der Waals surface area contributed by atoms with Crippen LogP contribution in [0.2, 0.25) is 0 Å². The quantitative estimate of drug-likeness (QED) is 0.681. The van der Waals surface area contributed by atoms with Crippen LogP contribution in [0.4, 0.5) is 0 Å². The normalized spacial score (nSPS) is 24.5. The lowest BCUT2D eigenvalue weighted by atomic mass is 9.92. The third-order valence-corrected chi connectivity index (χ3v) is 5.93. The zero-order valence-electron chi connectivity index (χ0n) is 16.1. The number of likely N-dealkylation sites (N-methyl/N-ethyl adjacent to an activating group) is 1. The maximum Gasteiger partial charge on any atom is 0.340 e. The van der Waals surface area contributed by atoms with Crippen LogP contribution in [0.1, 0.15) is 23.2 Å². The number of fused-ring (bicyclic) bond motifs is 3. The predicted molar refractivity (Wildman–Crippen MR) is 105 cm³/mol. The number of carbonyl (C=O) groups excluding carboxylic acids is 1. The average molecular weight is 394 g/mol. The number of carbonyl (C=O) groups is 1. The standard InChI is InChI=1S/C21H22N4O4/c1-24-13-8-15(9-14(24)12-28-11-13)29-21(27)17-10-25(18-5-3-2-4-16(17)18)19-6-7-20(26)23-22-19/h2-7,10,13-15H,8-9,11-12H2,1H3,(H,23,26)/t13-,14+,15-. The van der Waals surface area contributed by atoms with E-state index < -0.39 is 0 Å². The maximum atomic E-state index is 13.1. The minimum atomic E-state index is -0.333. The van der Waals surface area contributed by atoms with Crippen molar-refractivity contribution in [2.75, 3.05) is 20.3 Å². The minimum Gasteiger partial charge on any atom is -0.492 e. The number of esters is 1. The second kappa shape index (κ2) is 7.13. The maximum absolute atomic E-state index is 13.1. The summed E-state index contributed by atoms with van der Waals surface area (Å²) in [5, 5.41) is 17.9. The van der Waals surface area contributed by atoms with Gasteiger partial charge in [-0.2, -0.15) is 0 Å². The number of rotatable bonds is 3. The third kappa shape index (κ3) is 3.24. The van der Waals surface area contributed by atoms with E-state index >= 15 is 0 Å². The van der Waals surface area contributed by atoms with E-state index in [9.17, 15) is 9.90 Å². The van der Waals surface area contributed by atoms with Gasteiger partial charge < -0.3 is 14.6 Å². The van der Waals surface area contributed by atoms with E-state index in [1.165, 1.54) is 6.07 Å². The van der Waals surface area contributed by atoms with Crippen LogP contribution in [0, 0.1) is 0 Å². The van der Waals surface area contributed by atoms with Gasteiger partial charge in [0.05, 0.1) is 24.3 Å². The second-order valence-corrected chi connectivity index (χ2v) is 7.69. The molecular formula is C21H22N4O4. The third-order valence-electron chi connectivity index (χ3n) is 5.93. The molecule has 0 aliphatic carbocycles. The number of piperidine rings is 1. The van der Waals surface area contributed by atoms with Crippen molar-refractivity contribution in [2.45, 2.75) is 31.0 Å². The Morgan fingerprint density at radius 2 is 1.90 bits per heavy atom. The van der Waals surface area contributed by atoms with Crippen LogP contribution in [0.15, 0.2) is 42.6 Å². The number of morpholine rings is 1. The zero-order valence-corrected chi connectivity index (χ0v) is 16.1. The first-order valence-corrected chi connectivity index (χ1v) is 9.74. The summed E-state index contributed by atoms with van der Waals surface area (Å²) in [6.07, 6.45) is 3.17. The van der Waals surface area contributed by atoms with E-state index in [2.05, 4.69) is 22.1 Å². The Bertz CT molecular complexity index is 1030. The molecule has 1 aromatic carbocycles. The highest BCUT2D eigenvalue weighted by Crippen LogP contribution is 2.30. The highest BCUT2D eigenvalue weighted by Gasteiger charge is 2.38. The number of para-hydroxylation sites is 1. The zero-order chi connectivity index (χ0) is 20.0. The highest BCUT2D eigenvalue weighted by molar-refractivity contribution is 6.04. The van der Waals surface area contributed by atoms with Gasteiger partial charge in [-0.1, -0.05) is 18.2 Å². The fourth-order valence-electron chi connectivity index (χ4n) is 4.33. The number of hydrogen-bond acceptors (Lipinski definition) is 7. The molecule has 0 unspecified atom stereocenters. The lowest BCUT2D eigenvalue weighted by molar-refractivity contribution is -0.0970. The Kier molecular flexibility index (Phi) is 4.44. The van der Waals surface area contributed by atoms with Crippen LogP contribution in [-0.4, -0.2) is 69.2 Å². The van der Waals surface area contributed by atoms with E-state index in [4.69, 9.17) is 9.47 Å². The Labute approximate surface area is 167 Å². The molecule has 8 heteroatoms. The van der Waals surface area contributed by atoms with E-state index in [1.807, 2.05) is 24.3 Å². The van der Waals surface area contributed by atoms with Crippen LogP contribution >= 0.6 is 0 Å².